The van der Waals surface area contributed by atoms with E-state index < -0.39 is 0 Å². The molecule has 1 fully saturated rings. The Morgan fingerprint density at radius 3 is 2.59 bits per heavy atom. The Morgan fingerprint density at radius 1 is 1.24 bits per heavy atom. The summed E-state index contributed by atoms with van der Waals surface area (Å²) < 4.78 is 0. The molecule has 0 radical (unpaired) electrons. The van der Waals surface area contributed by atoms with Gasteiger partial charge in [0.2, 0.25) is 0 Å². The van der Waals surface area contributed by atoms with Crippen molar-refractivity contribution in [3.8, 4) is 0 Å². The summed E-state index contributed by atoms with van der Waals surface area (Å²) in [5.74, 6) is 0.937. The maximum absolute atomic E-state index is 3.79. The first-order valence-corrected chi connectivity index (χ1v) is 7.58. The zero-order chi connectivity index (χ0) is 12.7. The Morgan fingerprint density at radius 2 is 1.94 bits per heavy atom. The quantitative estimate of drug-likeness (QED) is 0.687. The van der Waals surface area contributed by atoms with Crippen LogP contribution >= 0.6 is 0 Å². The molecule has 102 valence electrons. The van der Waals surface area contributed by atoms with Crippen LogP contribution in [0.3, 0.4) is 0 Å². The fraction of sp³-hybridized carbons (Fsp3) is 1.00. The molecule has 0 bridgehead atoms. The Balaban J connectivity index is 2.12. The van der Waals surface area contributed by atoms with E-state index in [1.165, 1.54) is 51.6 Å². The highest BCUT2D eigenvalue weighted by atomic mass is 15.1. The van der Waals surface area contributed by atoms with E-state index in [9.17, 15) is 0 Å². The normalized spacial score (nSPS) is 25.8. The molecule has 1 aliphatic carbocycles. The number of hydrogen-bond donors (Lipinski definition) is 1. The average molecular weight is 240 g/mol. The molecule has 2 atom stereocenters. The molecule has 17 heavy (non-hydrogen) atoms. The van der Waals surface area contributed by atoms with Gasteiger partial charge in [-0.25, -0.2) is 0 Å². The Bertz CT molecular complexity index is 191. The minimum atomic E-state index is 0.674. The summed E-state index contributed by atoms with van der Waals surface area (Å²) in [5, 5.41) is 3.79. The molecule has 1 saturated carbocycles. The van der Waals surface area contributed by atoms with Gasteiger partial charge in [0, 0.05) is 12.1 Å². The van der Waals surface area contributed by atoms with Crippen LogP contribution in [0.15, 0.2) is 0 Å². The fourth-order valence-corrected chi connectivity index (χ4v) is 2.84. The minimum absolute atomic E-state index is 0.674. The van der Waals surface area contributed by atoms with Crippen molar-refractivity contribution in [2.45, 2.75) is 71.4 Å². The molecule has 0 aromatic heterocycles. The molecule has 0 amide bonds. The summed E-state index contributed by atoms with van der Waals surface area (Å²) in [6.45, 7) is 9.28. The molecule has 0 heterocycles. The van der Waals surface area contributed by atoms with Crippen LogP contribution in [-0.2, 0) is 0 Å². The van der Waals surface area contributed by atoms with Crippen LogP contribution in [0.4, 0.5) is 0 Å². The lowest BCUT2D eigenvalue weighted by Crippen LogP contribution is -2.39. The van der Waals surface area contributed by atoms with E-state index in [-0.39, 0.29) is 0 Å². The van der Waals surface area contributed by atoms with Crippen LogP contribution in [0.5, 0.6) is 0 Å². The van der Waals surface area contributed by atoms with E-state index in [4.69, 9.17) is 0 Å². The Kier molecular flexibility index (Phi) is 7.14. The summed E-state index contributed by atoms with van der Waals surface area (Å²) in [6.07, 6.45) is 8.36. The third kappa shape index (κ3) is 5.39. The maximum Gasteiger partial charge on any atom is 0.00952 e. The SMILES string of the molecule is CCC1CCCCC1NCCCN(C)C(C)C. The number of hydrogen-bond acceptors (Lipinski definition) is 2. The maximum atomic E-state index is 3.79. The van der Waals surface area contributed by atoms with Crippen molar-refractivity contribution in [1.82, 2.24) is 10.2 Å². The molecule has 2 nitrogen and oxygen atoms in total. The van der Waals surface area contributed by atoms with Crippen LogP contribution in [0.1, 0.15) is 59.3 Å². The van der Waals surface area contributed by atoms with Crippen LogP contribution in [0.25, 0.3) is 0 Å². The number of nitrogens with zero attached hydrogens (tertiary/aromatic N) is 1. The first kappa shape index (κ1) is 15.0. The molecule has 2 heteroatoms. The van der Waals surface area contributed by atoms with E-state index in [1.54, 1.807) is 0 Å². The van der Waals surface area contributed by atoms with Gasteiger partial charge in [0.05, 0.1) is 0 Å². The summed E-state index contributed by atoms with van der Waals surface area (Å²) >= 11 is 0. The van der Waals surface area contributed by atoms with Gasteiger partial charge in [0.15, 0.2) is 0 Å². The fourth-order valence-electron chi connectivity index (χ4n) is 2.84. The lowest BCUT2D eigenvalue weighted by Gasteiger charge is -2.32. The molecule has 2 unspecified atom stereocenters. The molecule has 0 aliphatic heterocycles. The van der Waals surface area contributed by atoms with Gasteiger partial charge >= 0.3 is 0 Å². The zero-order valence-corrected chi connectivity index (χ0v) is 12.3. The lowest BCUT2D eigenvalue weighted by atomic mass is 9.83. The highest BCUT2D eigenvalue weighted by molar-refractivity contribution is 4.80. The summed E-state index contributed by atoms with van der Waals surface area (Å²) in [7, 11) is 2.22. The van der Waals surface area contributed by atoms with Crippen molar-refractivity contribution in [1.29, 1.82) is 0 Å². The number of rotatable bonds is 7. The van der Waals surface area contributed by atoms with Crippen LogP contribution in [-0.4, -0.2) is 37.1 Å². The second-order valence-corrected chi connectivity index (χ2v) is 5.94. The summed E-state index contributed by atoms with van der Waals surface area (Å²) in [6, 6.07) is 1.48. The minimum Gasteiger partial charge on any atom is -0.314 e. The van der Waals surface area contributed by atoms with Gasteiger partial charge < -0.3 is 10.2 Å². The molecule has 0 spiro atoms. The van der Waals surface area contributed by atoms with E-state index >= 15 is 0 Å². The summed E-state index contributed by atoms with van der Waals surface area (Å²) in [5.41, 5.74) is 0. The van der Waals surface area contributed by atoms with Gasteiger partial charge in [-0.05, 0) is 59.2 Å². The molecule has 1 rings (SSSR count). The second-order valence-electron chi connectivity index (χ2n) is 5.94. The largest absolute Gasteiger partial charge is 0.314 e. The topological polar surface area (TPSA) is 15.3 Å². The second kappa shape index (κ2) is 8.10. The van der Waals surface area contributed by atoms with Gasteiger partial charge in [0.1, 0.15) is 0 Å². The molecule has 0 aromatic carbocycles. The van der Waals surface area contributed by atoms with Crippen molar-refractivity contribution in [3.05, 3.63) is 0 Å². The van der Waals surface area contributed by atoms with Gasteiger partial charge in [-0.2, -0.15) is 0 Å². The van der Waals surface area contributed by atoms with Crippen molar-refractivity contribution in [2.24, 2.45) is 5.92 Å². The van der Waals surface area contributed by atoms with Crippen molar-refractivity contribution < 1.29 is 0 Å². The third-order valence-corrected chi connectivity index (χ3v) is 4.41. The molecule has 1 aliphatic rings. The average Bonchev–Trinajstić information content (AvgIpc) is 2.34. The molecule has 0 saturated heterocycles. The number of nitrogens with one attached hydrogen (secondary N) is 1. The van der Waals surface area contributed by atoms with E-state index in [0.29, 0.717) is 6.04 Å². The van der Waals surface area contributed by atoms with E-state index in [2.05, 4.69) is 38.0 Å². The zero-order valence-electron chi connectivity index (χ0n) is 12.3. The lowest BCUT2D eigenvalue weighted by molar-refractivity contribution is 0.239. The highest BCUT2D eigenvalue weighted by Crippen LogP contribution is 2.26. The highest BCUT2D eigenvalue weighted by Gasteiger charge is 2.22. The molecule has 1 N–H and O–H groups in total. The van der Waals surface area contributed by atoms with E-state index in [1.807, 2.05) is 0 Å². The first-order chi connectivity index (χ1) is 8.15. The van der Waals surface area contributed by atoms with Crippen molar-refractivity contribution in [3.63, 3.8) is 0 Å². The van der Waals surface area contributed by atoms with Crippen molar-refractivity contribution in [2.75, 3.05) is 20.1 Å². The predicted octanol–water partition coefficient (Wildman–Crippen LogP) is 3.28. The van der Waals surface area contributed by atoms with Gasteiger partial charge in [-0.15, -0.1) is 0 Å². The third-order valence-electron chi connectivity index (χ3n) is 4.41. The predicted molar refractivity (Wildman–Crippen MR) is 76.4 cm³/mol. The van der Waals surface area contributed by atoms with Crippen LogP contribution < -0.4 is 5.32 Å². The summed E-state index contributed by atoms with van der Waals surface area (Å²) in [4.78, 5) is 2.43. The monoisotopic (exact) mass is 240 g/mol. The Labute approximate surface area is 108 Å². The van der Waals surface area contributed by atoms with Gasteiger partial charge in [-0.3, -0.25) is 0 Å². The van der Waals surface area contributed by atoms with Gasteiger partial charge in [0.25, 0.3) is 0 Å². The Hall–Kier alpha value is -0.0800. The van der Waals surface area contributed by atoms with E-state index in [0.717, 1.165) is 12.0 Å². The molecule has 0 aromatic rings. The molecular formula is C15H32N2. The van der Waals surface area contributed by atoms with Gasteiger partial charge in [-0.1, -0.05) is 26.2 Å². The van der Waals surface area contributed by atoms with Crippen LogP contribution in [0.2, 0.25) is 0 Å². The van der Waals surface area contributed by atoms with Crippen LogP contribution in [0, 0.1) is 5.92 Å². The smallest absolute Gasteiger partial charge is 0.00952 e. The van der Waals surface area contributed by atoms with Crippen molar-refractivity contribution >= 4 is 0 Å². The molecular weight excluding hydrogens is 208 g/mol. The standard InChI is InChI=1S/C15H32N2/c1-5-14-9-6-7-10-15(14)16-11-8-12-17(4)13(2)3/h13-16H,5-12H2,1-4H3. The first-order valence-electron chi connectivity index (χ1n) is 7.58.